The molecule has 54 valence electrons. The van der Waals surface area contributed by atoms with Gasteiger partial charge in [0.05, 0.1) is 0 Å². The summed E-state index contributed by atoms with van der Waals surface area (Å²) in [4.78, 5) is 10.4. The zero-order valence-corrected chi connectivity index (χ0v) is 7.11. The van der Waals surface area contributed by atoms with Crippen molar-refractivity contribution in [3.8, 4) is 0 Å². The van der Waals surface area contributed by atoms with Crippen molar-refractivity contribution in [2.45, 2.75) is 32.6 Å². The summed E-state index contributed by atoms with van der Waals surface area (Å²) in [7, 11) is 0. The Morgan fingerprint density at radius 2 is 2.22 bits per heavy atom. The number of halogens is 1. The smallest absolute Gasteiger partial charge is 0.317 e. The predicted octanol–water partition coefficient (Wildman–Crippen LogP) is 2.42. The first-order valence-electron chi connectivity index (χ1n) is 3.12. The van der Waals surface area contributed by atoms with Gasteiger partial charge < -0.3 is 3.83 Å². The summed E-state index contributed by atoms with van der Waals surface area (Å²) in [5.41, 5.74) is 0. The first-order chi connectivity index (χ1) is 4.31. The van der Waals surface area contributed by atoms with Crippen LogP contribution < -0.4 is 0 Å². The highest BCUT2D eigenvalue weighted by molar-refractivity contribution is 9.06. The number of hydrogen-bond donors (Lipinski definition) is 0. The van der Waals surface area contributed by atoms with Crippen LogP contribution in [0.4, 0.5) is 0 Å². The largest absolute Gasteiger partial charge is 0.384 e. The van der Waals surface area contributed by atoms with Crippen LogP contribution in [0.3, 0.4) is 0 Å². The molecule has 0 radical (unpaired) electrons. The minimum Gasteiger partial charge on any atom is -0.384 e. The Labute approximate surface area is 64.0 Å². The van der Waals surface area contributed by atoms with Gasteiger partial charge in [0.15, 0.2) is 16.3 Å². The van der Waals surface area contributed by atoms with E-state index in [2.05, 4.69) is 27.0 Å². The molecular formula is C6H11BrO2. The lowest BCUT2D eigenvalue weighted by molar-refractivity contribution is -0.132. The maximum Gasteiger partial charge on any atom is 0.317 e. The molecular weight excluding hydrogens is 184 g/mol. The Morgan fingerprint density at radius 1 is 1.56 bits per heavy atom. The first kappa shape index (κ1) is 8.95. The lowest BCUT2D eigenvalue weighted by Crippen LogP contribution is -1.94. The molecule has 0 aliphatic rings. The van der Waals surface area contributed by atoms with Gasteiger partial charge in [-0.05, 0) is 6.42 Å². The minimum absolute atomic E-state index is 0.177. The maximum absolute atomic E-state index is 10.4. The molecule has 0 rings (SSSR count). The molecule has 0 aromatic carbocycles. The van der Waals surface area contributed by atoms with E-state index >= 15 is 0 Å². The van der Waals surface area contributed by atoms with Gasteiger partial charge >= 0.3 is 5.97 Å². The Morgan fingerprint density at radius 3 is 2.67 bits per heavy atom. The Kier molecular flexibility index (Phi) is 6.04. The lowest BCUT2D eigenvalue weighted by Gasteiger charge is -1.93. The van der Waals surface area contributed by atoms with Crippen LogP contribution >= 0.6 is 16.3 Å². The number of unbranched alkanes of at least 4 members (excludes halogenated alkanes) is 2. The molecule has 0 aliphatic carbocycles. The predicted molar refractivity (Wildman–Crippen MR) is 39.2 cm³/mol. The molecule has 0 bridgehead atoms. The van der Waals surface area contributed by atoms with Gasteiger partial charge in [0.2, 0.25) is 0 Å². The average Bonchev–Trinajstić information content (AvgIpc) is 1.89. The minimum atomic E-state index is -0.177. The molecule has 0 amide bonds. The van der Waals surface area contributed by atoms with E-state index in [-0.39, 0.29) is 5.97 Å². The second kappa shape index (κ2) is 6.08. The van der Waals surface area contributed by atoms with E-state index in [1.807, 2.05) is 0 Å². The quantitative estimate of drug-likeness (QED) is 0.644. The second-order valence-corrected chi connectivity index (χ2v) is 2.23. The lowest BCUT2D eigenvalue weighted by atomic mass is 10.2. The molecule has 9 heavy (non-hydrogen) atoms. The van der Waals surface area contributed by atoms with Crippen LogP contribution in [0.15, 0.2) is 0 Å². The van der Waals surface area contributed by atoms with Gasteiger partial charge in [-0.1, -0.05) is 19.8 Å². The summed E-state index contributed by atoms with van der Waals surface area (Å²) in [6, 6.07) is 0. The molecule has 0 atom stereocenters. The van der Waals surface area contributed by atoms with Gasteiger partial charge in [-0.25, -0.2) is 0 Å². The highest BCUT2D eigenvalue weighted by Gasteiger charge is 1.98. The Bertz CT molecular complexity index is 83.1. The van der Waals surface area contributed by atoms with Crippen molar-refractivity contribution in [3.05, 3.63) is 0 Å². The van der Waals surface area contributed by atoms with E-state index in [0.717, 1.165) is 19.3 Å². The SMILES string of the molecule is CCCCCC(=O)OBr. The van der Waals surface area contributed by atoms with Crippen LogP contribution in [0.2, 0.25) is 0 Å². The molecule has 0 N–H and O–H groups in total. The van der Waals surface area contributed by atoms with Crippen LogP contribution in [0, 0.1) is 0 Å². The highest BCUT2D eigenvalue weighted by Crippen LogP contribution is 2.01. The first-order valence-corrected chi connectivity index (χ1v) is 3.77. The molecule has 3 heteroatoms. The summed E-state index contributed by atoms with van der Waals surface area (Å²) in [5.74, 6) is -0.177. The van der Waals surface area contributed by atoms with Crippen molar-refractivity contribution < 1.29 is 8.62 Å². The van der Waals surface area contributed by atoms with Crippen molar-refractivity contribution >= 4 is 22.2 Å². The molecule has 0 saturated heterocycles. The molecule has 0 aromatic heterocycles. The van der Waals surface area contributed by atoms with Crippen molar-refractivity contribution in [3.63, 3.8) is 0 Å². The summed E-state index contributed by atoms with van der Waals surface area (Å²) >= 11 is 2.62. The highest BCUT2D eigenvalue weighted by atomic mass is 79.9. The molecule has 0 aromatic rings. The van der Waals surface area contributed by atoms with Gasteiger partial charge in [0, 0.05) is 6.42 Å². The van der Waals surface area contributed by atoms with Gasteiger partial charge in [-0.3, -0.25) is 4.79 Å². The third-order valence-electron chi connectivity index (χ3n) is 1.07. The molecule has 0 heterocycles. The summed E-state index contributed by atoms with van der Waals surface area (Å²) in [5, 5.41) is 0. The summed E-state index contributed by atoms with van der Waals surface area (Å²) in [6.45, 7) is 2.10. The van der Waals surface area contributed by atoms with Crippen molar-refractivity contribution in [2.24, 2.45) is 0 Å². The number of rotatable bonds is 4. The standard InChI is InChI=1S/C6H11BrO2/c1-2-3-4-5-6(8)9-7/h2-5H2,1H3. The van der Waals surface area contributed by atoms with Crippen LogP contribution in [0.25, 0.3) is 0 Å². The van der Waals surface area contributed by atoms with Gasteiger partial charge in [-0.2, -0.15) is 0 Å². The topological polar surface area (TPSA) is 26.3 Å². The van der Waals surface area contributed by atoms with Crippen molar-refractivity contribution in [1.82, 2.24) is 0 Å². The molecule has 0 fully saturated rings. The van der Waals surface area contributed by atoms with E-state index in [0.29, 0.717) is 6.42 Å². The molecule has 2 nitrogen and oxygen atoms in total. The van der Waals surface area contributed by atoms with Gasteiger partial charge in [-0.15, -0.1) is 0 Å². The summed E-state index contributed by atoms with van der Waals surface area (Å²) < 4.78 is 4.27. The monoisotopic (exact) mass is 194 g/mol. The van der Waals surface area contributed by atoms with E-state index in [1.54, 1.807) is 0 Å². The van der Waals surface area contributed by atoms with E-state index < -0.39 is 0 Å². The fourth-order valence-corrected chi connectivity index (χ4v) is 0.720. The summed E-state index contributed by atoms with van der Waals surface area (Å²) in [6.07, 6.45) is 3.69. The third kappa shape index (κ3) is 5.83. The van der Waals surface area contributed by atoms with Crippen LogP contribution in [-0.4, -0.2) is 5.97 Å². The fraction of sp³-hybridized carbons (Fsp3) is 0.833. The number of carbonyl (C=O) groups is 1. The second-order valence-electron chi connectivity index (χ2n) is 1.91. The maximum atomic E-state index is 10.4. The van der Waals surface area contributed by atoms with E-state index in [9.17, 15) is 4.79 Å². The van der Waals surface area contributed by atoms with Gasteiger partial charge in [0.25, 0.3) is 0 Å². The number of carbonyl (C=O) groups excluding carboxylic acids is 1. The average molecular weight is 195 g/mol. The van der Waals surface area contributed by atoms with E-state index in [1.165, 1.54) is 0 Å². The fourth-order valence-electron chi connectivity index (χ4n) is 0.558. The van der Waals surface area contributed by atoms with Crippen molar-refractivity contribution in [1.29, 1.82) is 0 Å². The van der Waals surface area contributed by atoms with Crippen molar-refractivity contribution in [2.75, 3.05) is 0 Å². The Balaban J connectivity index is 2.97. The zero-order valence-electron chi connectivity index (χ0n) is 5.52. The zero-order chi connectivity index (χ0) is 7.11. The molecule has 0 aliphatic heterocycles. The van der Waals surface area contributed by atoms with Crippen LogP contribution in [0.5, 0.6) is 0 Å². The molecule has 0 spiro atoms. The van der Waals surface area contributed by atoms with Crippen LogP contribution in [-0.2, 0) is 8.62 Å². The van der Waals surface area contributed by atoms with E-state index in [4.69, 9.17) is 0 Å². The Hall–Kier alpha value is -0.0500. The molecule has 0 saturated carbocycles. The number of hydrogen-bond acceptors (Lipinski definition) is 2. The third-order valence-corrected chi connectivity index (χ3v) is 1.43. The van der Waals surface area contributed by atoms with Gasteiger partial charge in [0.1, 0.15) is 0 Å². The van der Waals surface area contributed by atoms with Crippen LogP contribution in [0.1, 0.15) is 32.6 Å². The molecule has 0 unspecified atom stereocenters. The normalized spacial score (nSPS) is 9.11.